The van der Waals surface area contributed by atoms with Crippen molar-refractivity contribution in [3.8, 4) is 5.75 Å². The SMILES string of the molecule is O=C(NCc1ccccc1)OC1COc2ccc3[nH]c(=O)ccc3c2C1. The van der Waals surface area contributed by atoms with Gasteiger partial charge >= 0.3 is 6.09 Å². The Hall–Kier alpha value is -3.28. The summed E-state index contributed by atoms with van der Waals surface area (Å²) in [5.74, 6) is 0.758. The molecule has 2 aromatic carbocycles. The van der Waals surface area contributed by atoms with Gasteiger partial charge in [-0.05, 0) is 23.8 Å². The summed E-state index contributed by atoms with van der Waals surface area (Å²) in [6.45, 7) is 0.717. The average Bonchev–Trinajstić information content (AvgIpc) is 2.67. The maximum atomic E-state index is 12.1. The van der Waals surface area contributed by atoms with E-state index in [1.54, 1.807) is 6.07 Å². The van der Waals surface area contributed by atoms with Crippen LogP contribution in [-0.2, 0) is 17.7 Å². The lowest BCUT2D eigenvalue weighted by atomic mass is 9.99. The molecule has 1 amide bonds. The standard InChI is InChI=1S/C20H18N2O4/c23-19-9-6-15-16-10-14(12-25-18(16)8-7-17(15)22-19)26-20(24)21-11-13-4-2-1-3-5-13/h1-9,14H,10-12H2,(H,21,24)(H,22,23). The third-order valence-corrected chi connectivity index (χ3v) is 4.38. The van der Waals surface area contributed by atoms with E-state index in [4.69, 9.17) is 9.47 Å². The zero-order valence-corrected chi connectivity index (χ0v) is 14.0. The molecule has 0 saturated carbocycles. The molecule has 1 unspecified atom stereocenters. The van der Waals surface area contributed by atoms with Crippen LogP contribution in [0.3, 0.4) is 0 Å². The summed E-state index contributed by atoms with van der Waals surface area (Å²) in [5, 5.41) is 3.65. The Morgan fingerprint density at radius 1 is 1.15 bits per heavy atom. The molecular formula is C20H18N2O4. The first-order valence-electron chi connectivity index (χ1n) is 8.45. The number of hydrogen-bond donors (Lipinski definition) is 2. The summed E-state index contributed by atoms with van der Waals surface area (Å²) in [5.41, 5.74) is 2.53. The van der Waals surface area contributed by atoms with Crippen LogP contribution in [0.15, 0.2) is 59.4 Å². The van der Waals surface area contributed by atoms with Gasteiger partial charge in [0.1, 0.15) is 18.5 Å². The Kier molecular flexibility index (Phi) is 4.31. The number of carbonyl (C=O) groups excluding carboxylic acids is 1. The predicted molar refractivity (Wildman–Crippen MR) is 97.3 cm³/mol. The highest BCUT2D eigenvalue weighted by atomic mass is 16.6. The van der Waals surface area contributed by atoms with Crippen LogP contribution in [0, 0.1) is 0 Å². The van der Waals surface area contributed by atoms with Gasteiger partial charge in [0.2, 0.25) is 5.56 Å². The minimum Gasteiger partial charge on any atom is -0.489 e. The highest BCUT2D eigenvalue weighted by molar-refractivity contribution is 5.84. The minimum atomic E-state index is -0.473. The maximum absolute atomic E-state index is 12.1. The fourth-order valence-electron chi connectivity index (χ4n) is 3.13. The van der Waals surface area contributed by atoms with Crippen molar-refractivity contribution < 1.29 is 14.3 Å². The zero-order valence-electron chi connectivity index (χ0n) is 14.0. The van der Waals surface area contributed by atoms with E-state index in [1.807, 2.05) is 42.5 Å². The Morgan fingerprint density at radius 3 is 2.85 bits per heavy atom. The number of fused-ring (bicyclic) bond motifs is 3. The van der Waals surface area contributed by atoms with E-state index >= 15 is 0 Å². The van der Waals surface area contributed by atoms with Gasteiger partial charge in [-0.2, -0.15) is 0 Å². The third kappa shape index (κ3) is 3.39. The van der Waals surface area contributed by atoms with Crippen molar-refractivity contribution in [2.24, 2.45) is 0 Å². The van der Waals surface area contributed by atoms with E-state index in [0.29, 0.717) is 19.6 Å². The van der Waals surface area contributed by atoms with E-state index in [0.717, 1.165) is 27.8 Å². The lowest BCUT2D eigenvalue weighted by Gasteiger charge is -2.26. The van der Waals surface area contributed by atoms with E-state index < -0.39 is 6.09 Å². The van der Waals surface area contributed by atoms with Crippen LogP contribution in [0.25, 0.3) is 10.9 Å². The molecule has 0 fully saturated rings. The minimum absolute atomic E-state index is 0.151. The molecule has 0 spiro atoms. The summed E-state index contributed by atoms with van der Waals surface area (Å²) in [7, 11) is 0. The Bertz CT molecular complexity index is 998. The summed E-state index contributed by atoms with van der Waals surface area (Å²) in [6.07, 6.45) is -0.312. The number of aromatic amines is 1. The van der Waals surface area contributed by atoms with Crippen molar-refractivity contribution >= 4 is 17.0 Å². The molecule has 1 aliphatic rings. The topological polar surface area (TPSA) is 80.4 Å². The van der Waals surface area contributed by atoms with Gasteiger partial charge in [-0.3, -0.25) is 4.79 Å². The Morgan fingerprint density at radius 2 is 2.00 bits per heavy atom. The van der Waals surface area contributed by atoms with Crippen LogP contribution in [0.4, 0.5) is 4.79 Å². The number of amides is 1. The molecule has 4 rings (SSSR count). The largest absolute Gasteiger partial charge is 0.489 e. The van der Waals surface area contributed by atoms with Crippen molar-refractivity contribution in [2.75, 3.05) is 6.61 Å². The number of H-pyrrole nitrogens is 1. The first-order chi connectivity index (χ1) is 12.7. The number of hydrogen-bond acceptors (Lipinski definition) is 4. The lowest BCUT2D eigenvalue weighted by Crippen LogP contribution is -2.35. The number of nitrogens with one attached hydrogen (secondary N) is 2. The van der Waals surface area contributed by atoms with Gasteiger partial charge in [0.15, 0.2) is 0 Å². The van der Waals surface area contributed by atoms with Crippen LogP contribution < -0.4 is 15.6 Å². The summed E-state index contributed by atoms with van der Waals surface area (Å²) < 4.78 is 11.2. The van der Waals surface area contributed by atoms with Crippen LogP contribution >= 0.6 is 0 Å². The second kappa shape index (κ2) is 6.92. The third-order valence-electron chi connectivity index (χ3n) is 4.38. The van der Waals surface area contributed by atoms with E-state index in [1.165, 1.54) is 6.07 Å². The summed E-state index contributed by atoms with van der Waals surface area (Å²) in [6, 6.07) is 16.6. The van der Waals surface area contributed by atoms with E-state index in [2.05, 4.69) is 10.3 Å². The van der Waals surface area contributed by atoms with Gasteiger partial charge in [-0.1, -0.05) is 30.3 Å². The van der Waals surface area contributed by atoms with Crippen molar-refractivity contribution in [2.45, 2.75) is 19.1 Å². The molecule has 6 nitrogen and oxygen atoms in total. The molecule has 0 radical (unpaired) electrons. The Balaban J connectivity index is 1.44. The molecule has 26 heavy (non-hydrogen) atoms. The molecule has 1 aliphatic heterocycles. The fraction of sp³-hybridized carbons (Fsp3) is 0.200. The molecule has 2 heterocycles. The van der Waals surface area contributed by atoms with Crippen molar-refractivity contribution in [1.29, 1.82) is 0 Å². The molecule has 1 aromatic heterocycles. The van der Waals surface area contributed by atoms with Crippen molar-refractivity contribution in [1.82, 2.24) is 10.3 Å². The first-order valence-corrected chi connectivity index (χ1v) is 8.45. The highest BCUT2D eigenvalue weighted by Crippen LogP contribution is 2.31. The van der Waals surface area contributed by atoms with Gasteiger partial charge < -0.3 is 19.8 Å². The zero-order chi connectivity index (χ0) is 17.9. The molecule has 0 saturated heterocycles. The monoisotopic (exact) mass is 350 g/mol. The number of carbonyl (C=O) groups is 1. The molecule has 1 atom stereocenters. The summed E-state index contributed by atoms with van der Waals surface area (Å²) in [4.78, 5) is 26.4. The molecule has 0 aliphatic carbocycles. The van der Waals surface area contributed by atoms with E-state index in [-0.39, 0.29) is 11.7 Å². The maximum Gasteiger partial charge on any atom is 0.407 e. The second-order valence-corrected chi connectivity index (χ2v) is 6.21. The Labute approximate surface area is 149 Å². The number of rotatable bonds is 3. The van der Waals surface area contributed by atoms with Crippen molar-refractivity contribution in [3.63, 3.8) is 0 Å². The lowest BCUT2D eigenvalue weighted by molar-refractivity contribution is 0.0558. The predicted octanol–water partition coefficient (Wildman–Crippen LogP) is 2.76. The molecule has 2 N–H and O–H groups in total. The first kappa shape index (κ1) is 16.2. The van der Waals surface area contributed by atoms with Crippen LogP contribution in [0.2, 0.25) is 0 Å². The van der Waals surface area contributed by atoms with E-state index in [9.17, 15) is 9.59 Å². The van der Waals surface area contributed by atoms with Gasteiger partial charge in [-0.25, -0.2) is 4.79 Å². The van der Waals surface area contributed by atoms with Gasteiger partial charge in [-0.15, -0.1) is 0 Å². The highest BCUT2D eigenvalue weighted by Gasteiger charge is 2.25. The second-order valence-electron chi connectivity index (χ2n) is 6.21. The van der Waals surface area contributed by atoms with Crippen LogP contribution in [0.5, 0.6) is 5.75 Å². The smallest absolute Gasteiger partial charge is 0.407 e. The van der Waals surface area contributed by atoms with Crippen LogP contribution in [0.1, 0.15) is 11.1 Å². The molecule has 6 heteroatoms. The van der Waals surface area contributed by atoms with Gasteiger partial charge in [0.05, 0.1) is 0 Å². The van der Waals surface area contributed by atoms with Gasteiger partial charge in [0.25, 0.3) is 0 Å². The average molecular weight is 350 g/mol. The summed E-state index contributed by atoms with van der Waals surface area (Å²) >= 11 is 0. The molecular weight excluding hydrogens is 332 g/mol. The number of alkyl carbamates (subject to hydrolysis) is 1. The molecule has 3 aromatic rings. The fourth-order valence-corrected chi connectivity index (χ4v) is 3.13. The van der Waals surface area contributed by atoms with Crippen LogP contribution in [-0.4, -0.2) is 23.8 Å². The number of aromatic nitrogens is 1. The quantitative estimate of drug-likeness (QED) is 0.761. The number of benzene rings is 2. The number of ether oxygens (including phenoxy) is 2. The number of pyridine rings is 1. The normalized spacial score (nSPS) is 15.8. The molecule has 0 bridgehead atoms. The van der Waals surface area contributed by atoms with Crippen molar-refractivity contribution in [3.05, 3.63) is 76.1 Å². The molecule has 132 valence electrons. The van der Waals surface area contributed by atoms with Gasteiger partial charge in [0, 0.05) is 35.5 Å².